The molecule has 18 aromatic rings. The van der Waals surface area contributed by atoms with Crippen molar-refractivity contribution in [2.45, 2.75) is 231 Å². The zero-order valence-electron chi connectivity index (χ0n) is 89.3. The quantitative estimate of drug-likeness (QED) is 0.0500. The fourth-order valence-electron chi connectivity index (χ4n) is 19.4. The smallest absolute Gasteiger partial charge is 0.148 e. The molecule has 756 valence electrons. The van der Waals surface area contributed by atoms with E-state index in [1.165, 1.54) is 27.1 Å². The van der Waals surface area contributed by atoms with E-state index in [1.807, 2.05) is 79.0 Å². The summed E-state index contributed by atoms with van der Waals surface area (Å²) < 4.78 is 6.51. The molecule has 0 spiro atoms. The van der Waals surface area contributed by atoms with Crippen molar-refractivity contribution < 1.29 is 78.5 Å². The Morgan fingerprint density at radius 1 is 0.290 bits per heavy atom. The maximum absolute atomic E-state index is 12.0. The Kier molecular flexibility index (Phi) is 33.7. The Labute approximate surface area is 906 Å². The SMILES string of the molecule is CC(C)Cc1cc(-c2[c-]c(-c3cccc4c3nc(-c3cc(C(C)(C)C)cc(C(C)(C)C)c3O)n4-c3ccccc3)ccc2)ncc1[Si](C)(C)C.CC(C)Cc1cc(-c2[c-]c(-c3cccc4c3nc(-c3cccc(C(C)(C)C)c3O)n4-c3ccccc3)ccc2)ncc1[Si](C)(C)C.CC(C)Cc1ccnc(-c2[c-]c(-c3cccc4c3nc(-c3cc(C(C)(C)C)cc(C(C)(C)C)c3O)n4-c3ccccc3)ccc2)c1.[Pt].[Pt].[Pt]. The Morgan fingerprint density at radius 3 is 0.903 bits per heavy atom. The summed E-state index contributed by atoms with van der Waals surface area (Å²) in [6.07, 6.45) is 9.22. The molecule has 0 atom stereocenters. The first kappa shape index (κ1) is 111. The van der Waals surface area contributed by atoms with E-state index in [9.17, 15) is 15.3 Å². The second-order valence-electron chi connectivity index (χ2n) is 46.9. The van der Waals surface area contributed by atoms with E-state index < -0.39 is 16.1 Å². The second kappa shape index (κ2) is 44.2. The van der Waals surface area contributed by atoms with Gasteiger partial charge in [0.05, 0.1) is 65.9 Å². The van der Waals surface area contributed by atoms with Gasteiger partial charge in [0.15, 0.2) is 0 Å². The van der Waals surface area contributed by atoms with Gasteiger partial charge in [0, 0.05) is 127 Å². The van der Waals surface area contributed by atoms with Crippen LogP contribution in [0.25, 0.3) is 151 Å². The van der Waals surface area contributed by atoms with Crippen LogP contribution < -0.4 is 10.4 Å². The van der Waals surface area contributed by atoms with Crippen LogP contribution in [-0.2, 0) is 110 Å². The fraction of sp³-hybridized carbons (Fsp3) is 0.297. The fourth-order valence-corrected chi connectivity index (χ4v) is 22.5. The molecule has 12 nitrogen and oxygen atoms in total. The molecular formula is C128H140N9O3Pt3Si2-3. The van der Waals surface area contributed by atoms with E-state index in [-0.39, 0.29) is 108 Å². The van der Waals surface area contributed by atoms with Gasteiger partial charge in [-0.3, -0.25) is 28.7 Å². The van der Waals surface area contributed by atoms with E-state index in [4.69, 9.17) is 29.9 Å². The third-order valence-electron chi connectivity index (χ3n) is 26.6. The molecule has 0 fully saturated rings. The van der Waals surface area contributed by atoms with Crippen molar-refractivity contribution in [2.24, 2.45) is 17.8 Å². The molecule has 3 N–H and O–H groups in total. The van der Waals surface area contributed by atoms with Crippen molar-refractivity contribution in [2.75, 3.05) is 0 Å². The van der Waals surface area contributed by atoms with Gasteiger partial charge in [0.1, 0.15) is 34.7 Å². The summed E-state index contributed by atoms with van der Waals surface area (Å²) in [5.74, 6) is 4.64. The summed E-state index contributed by atoms with van der Waals surface area (Å²) in [4.78, 5) is 30.7. The summed E-state index contributed by atoms with van der Waals surface area (Å²) in [6.45, 7) is 60.5. The minimum atomic E-state index is -1.56. The number of benzene rings is 12. The van der Waals surface area contributed by atoms with E-state index in [0.29, 0.717) is 40.8 Å². The average molecular weight is 2490 g/mol. The van der Waals surface area contributed by atoms with Gasteiger partial charge in [-0.05, 0) is 170 Å². The normalized spacial score (nSPS) is 12.2. The van der Waals surface area contributed by atoms with Gasteiger partial charge in [0.25, 0.3) is 0 Å². The van der Waals surface area contributed by atoms with Crippen molar-refractivity contribution in [3.63, 3.8) is 0 Å². The molecular weight excluding hydrogens is 2350 g/mol. The Hall–Kier alpha value is -11.6. The topological polar surface area (TPSA) is 153 Å². The maximum atomic E-state index is 12.0. The minimum absolute atomic E-state index is 0. The first-order chi connectivity index (χ1) is 67.1. The van der Waals surface area contributed by atoms with Crippen LogP contribution in [0.5, 0.6) is 17.2 Å². The van der Waals surface area contributed by atoms with E-state index >= 15 is 0 Å². The zero-order valence-corrected chi connectivity index (χ0v) is 98.1. The van der Waals surface area contributed by atoms with Crippen LogP contribution in [0.4, 0.5) is 0 Å². The number of nitrogens with zero attached hydrogens (tertiary/aromatic N) is 9. The molecule has 0 bridgehead atoms. The van der Waals surface area contributed by atoms with E-state index in [1.54, 1.807) is 0 Å². The number of aromatic nitrogens is 9. The number of phenols is 3. The molecule has 0 saturated heterocycles. The van der Waals surface area contributed by atoms with Crippen molar-refractivity contribution in [1.82, 2.24) is 43.6 Å². The van der Waals surface area contributed by atoms with Crippen molar-refractivity contribution in [1.29, 1.82) is 0 Å². The first-order valence-electron chi connectivity index (χ1n) is 50.4. The molecule has 0 unspecified atom stereocenters. The number of pyridine rings is 3. The standard InChI is InChI=1S/C45H52N3OSi.C42H44N3O.C41H44N3OSi.3Pt/c1-29(2)23-32-25-38(46-28-40(32)50(9,10)11)31-18-15-17-30(24-31)35-21-16-22-39-41(35)47-43(48(39)34-19-13-12-14-20-34)36-26-33(44(3,4)5)27-37(42(36)49)45(6,7)8;1-27(2)22-28-20-21-43-36(23-28)30-15-12-14-29(24-30)33-18-13-19-37-38(33)44-40(45(37)32-16-10-9-11-17-32)34-25-31(41(3,4)5)26-35(39(34)46)42(6,7)8;1-27(2)23-30-25-35(42-26-37(30)46(6,7)8)29-16-12-15-28(24-29)32-19-14-22-36-38(32)43-40(44(36)31-17-10-9-11-18-31)33-20-13-21-34(39(33)45)41(3,4)5;;;/h12-22,25-29,49H,23H2,1-11H3;9-21,23,25-27,46H,22H2,1-8H3;9-22,25-27,45H,23H2,1-8H3;;;/q3*-1;;;. The molecule has 12 aromatic carbocycles. The predicted octanol–water partition coefficient (Wildman–Crippen LogP) is 31.9. The average Bonchev–Trinajstić information content (AvgIpc) is 1.61. The monoisotopic (exact) mass is 2490 g/mol. The summed E-state index contributed by atoms with van der Waals surface area (Å²) in [7, 11) is -3.10. The molecule has 18 rings (SSSR count). The largest absolute Gasteiger partial charge is 0.507 e. The van der Waals surface area contributed by atoms with Gasteiger partial charge in [0.2, 0.25) is 0 Å². The molecule has 6 aromatic heterocycles. The molecule has 6 heterocycles. The predicted molar refractivity (Wildman–Crippen MR) is 602 cm³/mol. The number of para-hydroxylation sites is 7. The number of hydrogen-bond donors (Lipinski definition) is 3. The van der Waals surface area contributed by atoms with Crippen molar-refractivity contribution in [3.8, 4) is 136 Å². The first-order valence-corrected chi connectivity index (χ1v) is 57.4. The van der Waals surface area contributed by atoms with Gasteiger partial charge in [-0.15, -0.1) is 89.5 Å². The van der Waals surface area contributed by atoms with Crippen LogP contribution in [0.15, 0.2) is 286 Å². The summed E-state index contributed by atoms with van der Waals surface area (Å²) in [5, 5.41) is 38.4. The molecule has 0 aliphatic carbocycles. The number of phenolic OH excluding ortho intramolecular Hbond substituents is 3. The third-order valence-corrected chi connectivity index (χ3v) is 30.8. The summed E-state index contributed by atoms with van der Waals surface area (Å²) in [6, 6.07) is 103. The number of rotatable bonds is 20. The third kappa shape index (κ3) is 24.3. The van der Waals surface area contributed by atoms with Crippen LogP contribution in [0.3, 0.4) is 0 Å². The second-order valence-corrected chi connectivity index (χ2v) is 56.9. The molecule has 0 amide bonds. The maximum Gasteiger partial charge on any atom is 0.148 e. The minimum Gasteiger partial charge on any atom is -0.507 e. The molecule has 0 radical (unpaired) electrons. The summed E-state index contributed by atoms with van der Waals surface area (Å²) >= 11 is 0. The Balaban J connectivity index is 0.000000180. The van der Waals surface area contributed by atoms with Gasteiger partial charge < -0.3 is 15.3 Å². The Morgan fingerprint density at radius 2 is 0.586 bits per heavy atom. The van der Waals surface area contributed by atoms with Gasteiger partial charge in [-0.25, -0.2) is 15.0 Å². The Bertz CT molecular complexity index is 7680. The van der Waals surface area contributed by atoms with Gasteiger partial charge in [-0.2, -0.15) is 0 Å². The van der Waals surface area contributed by atoms with Crippen molar-refractivity contribution >= 4 is 59.6 Å². The molecule has 145 heavy (non-hydrogen) atoms. The van der Waals surface area contributed by atoms with Crippen LogP contribution in [0.2, 0.25) is 39.3 Å². The van der Waals surface area contributed by atoms with Crippen molar-refractivity contribution in [3.05, 3.63) is 348 Å². The molecule has 0 saturated carbocycles. The van der Waals surface area contributed by atoms with Crippen LogP contribution in [0, 0.1) is 36.0 Å². The van der Waals surface area contributed by atoms with Crippen LogP contribution in [-0.4, -0.2) is 75.1 Å². The van der Waals surface area contributed by atoms with E-state index in [0.717, 1.165) is 176 Å². The van der Waals surface area contributed by atoms with E-state index in [2.05, 4.69) is 423 Å². The zero-order chi connectivity index (χ0) is 102. The number of fused-ring (bicyclic) bond motifs is 3. The molecule has 0 aliphatic heterocycles. The molecule has 0 aliphatic rings. The van der Waals surface area contributed by atoms with Gasteiger partial charge >= 0.3 is 0 Å². The van der Waals surface area contributed by atoms with Crippen LogP contribution >= 0.6 is 0 Å². The summed E-state index contributed by atoms with van der Waals surface area (Å²) in [5.41, 5.74) is 30.3. The number of aromatic hydroxyl groups is 3. The number of imidazole rings is 3. The number of hydrogen-bond acceptors (Lipinski definition) is 9. The van der Waals surface area contributed by atoms with Crippen LogP contribution in [0.1, 0.15) is 190 Å². The van der Waals surface area contributed by atoms with Gasteiger partial charge in [-0.1, -0.05) is 368 Å². The molecule has 17 heteroatoms.